The first-order chi connectivity index (χ1) is 8.56. The Kier molecular flexibility index (Phi) is 3.86. The van der Waals surface area contributed by atoms with Gasteiger partial charge in [0.25, 0.3) is 0 Å². The highest BCUT2D eigenvalue weighted by molar-refractivity contribution is 9.10. The van der Waals surface area contributed by atoms with Gasteiger partial charge >= 0.3 is 0 Å². The minimum Gasteiger partial charge on any atom is -0.363 e. The van der Waals surface area contributed by atoms with Crippen molar-refractivity contribution in [2.75, 3.05) is 5.32 Å². The predicted octanol–water partition coefficient (Wildman–Crippen LogP) is 3.87. The smallest absolute Gasteiger partial charge is 0.166 e. The van der Waals surface area contributed by atoms with Crippen LogP contribution < -0.4 is 5.32 Å². The number of benzene rings is 1. The average molecular weight is 317 g/mol. The molecule has 0 aliphatic rings. The minimum absolute atomic E-state index is 0.0157. The van der Waals surface area contributed by atoms with E-state index in [0.717, 1.165) is 12.1 Å². The van der Waals surface area contributed by atoms with E-state index in [9.17, 15) is 13.2 Å². The lowest BCUT2D eigenvalue weighted by Gasteiger charge is -2.07. The number of pyridine rings is 1. The van der Waals surface area contributed by atoms with Crippen molar-refractivity contribution in [1.29, 1.82) is 0 Å². The van der Waals surface area contributed by atoms with Gasteiger partial charge in [-0.15, -0.1) is 0 Å². The van der Waals surface area contributed by atoms with Crippen LogP contribution in [0.2, 0.25) is 0 Å². The Morgan fingerprint density at radius 2 is 1.89 bits per heavy atom. The monoisotopic (exact) mass is 316 g/mol. The molecule has 0 bridgehead atoms. The molecular formula is C12H8BrF3N2. The van der Waals surface area contributed by atoms with Gasteiger partial charge in [-0.1, -0.05) is 6.07 Å². The van der Waals surface area contributed by atoms with Gasteiger partial charge in [0, 0.05) is 28.8 Å². The summed E-state index contributed by atoms with van der Waals surface area (Å²) in [5.41, 5.74) is 0.237. The van der Waals surface area contributed by atoms with Crippen LogP contribution in [-0.2, 0) is 6.54 Å². The SMILES string of the molecule is Fc1ccc(CNc2ncc(Br)cc2F)c(F)c1. The molecule has 1 aromatic heterocycles. The van der Waals surface area contributed by atoms with Crippen LogP contribution in [0, 0.1) is 17.5 Å². The van der Waals surface area contributed by atoms with Crippen molar-refractivity contribution in [3.05, 3.63) is 58.0 Å². The highest BCUT2D eigenvalue weighted by Crippen LogP contribution is 2.17. The van der Waals surface area contributed by atoms with E-state index < -0.39 is 17.5 Å². The first-order valence-corrected chi connectivity index (χ1v) is 5.84. The van der Waals surface area contributed by atoms with Gasteiger partial charge in [0.1, 0.15) is 11.6 Å². The van der Waals surface area contributed by atoms with E-state index in [-0.39, 0.29) is 17.9 Å². The maximum atomic E-state index is 13.4. The topological polar surface area (TPSA) is 24.9 Å². The zero-order chi connectivity index (χ0) is 13.1. The van der Waals surface area contributed by atoms with Gasteiger partial charge in [-0.3, -0.25) is 0 Å². The summed E-state index contributed by atoms with van der Waals surface area (Å²) in [6.45, 7) is 0.0255. The van der Waals surface area contributed by atoms with Gasteiger partial charge in [0.2, 0.25) is 0 Å². The average Bonchev–Trinajstić information content (AvgIpc) is 2.30. The normalized spacial score (nSPS) is 10.4. The van der Waals surface area contributed by atoms with Crippen molar-refractivity contribution >= 4 is 21.7 Å². The molecule has 0 saturated carbocycles. The molecule has 2 rings (SSSR count). The zero-order valence-corrected chi connectivity index (χ0v) is 10.6. The van der Waals surface area contributed by atoms with E-state index >= 15 is 0 Å². The number of aromatic nitrogens is 1. The van der Waals surface area contributed by atoms with Crippen LogP contribution in [0.15, 0.2) is 34.9 Å². The molecule has 1 heterocycles. The number of nitrogens with zero attached hydrogens (tertiary/aromatic N) is 1. The largest absolute Gasteiger partial charge is 0.363 e. The van der Waals surface area contributed by atoms with Crippen LogP contribution >= 0.6 is 15.9 Å². The summed E-state index contributed by atoms with van der Waals surface area (Å²) in [4.78, 5) is 3.81. The van der Waals surface area contributed by atoms with Crippen LogP contribution in [0.5, 0.6) is 0 Å². The number of hydrogen-bond donors (Lipinski definition) is 1. The van der Waals surface area contributed by atoms with Crippen LogP contribution in [-0.4, -0.2) is 4.98 Å². The fourth-order valence-corrected chi connectivity index (χ4v) is 1.69. The second-order valence-electron chi connectivity index (χ2n) is 3.57. The van der Waals surface area contributed by atoms with Gasteiger partial charge in [-0.25, -0.2) is 18.2 Å². The number of hydrogen-bond acceptors (Lipinski definition) is 2. The Morgan fingerprint density at radius 1 is 1.11 bits per heavy atom. The molecule has 0 fully saturated rings. The molecule has 2 nitrogen and oxygen atoms in total. The van der Waals surface area contributed by atoms with Crippen molar-refractivity contribution < 1.29 is 13.2 Å². The Labute approximate surface area is 110 Å². The second kappa shape index (κ2) is 5.39. The molecule has 0 aliphatic carbocycles. The maximum Gasteiger partial charge on any atom is 0.166 e. The summed E-state index contributed by atoms with van der Waals surface area (Å²) in [6.07, 6.45) is 1.42. The third kappa shape index (κ3) is 3.01. The number of rotatable bonds is 3. The molecule has 0 radical (unpaired) electrons. The van der Waals surface area contributed by atoms with Gasteiger partial charge in [0.15, 0.2) is 11.6 Å². The van der Waals surface area contributed by atoms with Crippen molar-refractivity contribution in [2.24, 2.45) is 0 Å². The number of nitrogens with one attached hydrogen (secondary N) is 1. The van der Waals surface area contributed by atoms with Gasteiger partial charge in [0.05, 0.1) is 0 Å². The third-order valence-electron chi connectivity index (χ3n) is 2.27. The van der Waals surface area contributed by atoms with Crippen LogP contribution in [0.25, 0.3) is 0 Å². The van der Waals surface area contributed by atoms with E-state index in [1.807, 2.05) is 0 Å². The first-order valence-electron chi connectivity index (χ1n) is 5.05. The lowest BCUT2D eigenvalue weighted by Crippen LogP contribution is -2.05. The molecule has 0 amide bonds. The molecule has 0 atom stereocenters. The van der Waals surface area contributed by atoms with E-state index in [2.05, 4.69) is 26.2 Å². The van der Waals surface area contributed by atoms with E-state index in [1.165, 1.54) is 18.3 Å². The highest BCUT2D eigenvalue weighted by Gasteiger charge is 2.07. The Hall–Kier alpha value is -1.56. The maximum absolute atomic E-state index is 13.4. The molecule has 1 N–H and O–H groups in total. The van der Waals surface area contributed by atoms with Gasteiger partial charge in [-0.2, -0.15) is 0 Å². The summed E-state index contributed by atoms with van der Waals surface area (Å²) in [5, 5.41) is 2.65. The van der Waals surface area contributed by atoms with E-state index in [4.69, 9.17) is 0 Å². The zero-order valence-electron chi connectivity index (χ0n) is 9.05. The molecule has 2 aromatic rings. The van der Waals surface area contributed by atoms with E-state index in [1.54, 1.807) is 0 Å². The van der Waals surface area contributed by atoms with Crippen molar-refractivity contribution in [3.63, 3.8) is 0 Å². The molecular weight excluding hydrogens is 309 g/mol. The fourth-order valence-electron chi connectivity index (χ4n) is 1.39. The molecule has 94 valence electrons. The molecule has 0 saturated heterocycles. The predicted molar refractivity (Wildman–Crippen MR) is 65.6 cm³/mol. The number of halogens is 4. The fraction of sp³-hybridized carbons (Fsp3) is 0.0833. The Morgan fingerprint density at radius 3 is 2.56 bits per heavy atom. The first kappa shape index (κ1) is 12.9. The molecule has 0 spiro atoms. The van der Waals surface area contributed by atoms with E-state index in [0.29, 0.717) is 4.47 Å². The molecule has 18 heavy (non-hydrogen) atoms. The highest BCUT2D eigenvalue weighted by atomic mass is 79.9. The third-order valence-corrected chi connectivity index (χ3v) is 2.70. The van der Waals surface area contributed by atoms with Crippen molar-refractivity contribution in [1.82, 2.24) is 4.98 Å². The number of anilines is 1. The summed E-state index contributed by atoms with van der Waals surface area (Å²) < 4.78 is 39.9. The van der Waals surface area contributed by atoms with Crippen LogP contribution in [0.4, 0.5) is 19.0 Å². The Balaban J connectivity index is 2.11. The molecule has 6 heteroatoms. The molecule has 1 aromatic carbocycles. The lowest BCUT2D eigenvalue weighted by molar-refractivity contribution is 0.573. The van der Waals surface area contributed by atoms with Gasteiger partial charge < -0.3 is 5.32 Å². The minimum atomic E-state index is -0.681. The van der Waals surface area contributed by atoms with Crippen molar-refractivity contribution in [3.8, 4) is 0 Å². The summed E-state index contributed by atoms with van der Waals surface area (Å²) >= 11 is 3.08. The lowest BCUT2D eigenvalue weighted by atomic mass is 10.2. The summed E-state index contributed by atoms with van der Waals surface area (Å²) in [6, 6.07) is 4.47. The van der Waals surface area contributed by atoms with Crippen LogP contribution in [0.3, 0.4) is 0 Å². The molecule has 0 unspecified atom stereocenters. The molecule has 0 aliphatic heterocycles. The van der Waals surface area contributed by atoms with Crippen LogP contribution in [0.1, 0.15) is 5.56 Å². The quantitative estimate of drug-likeness (QED) is 0.929. The van der Waals surface area contributed by atoms with Crippen molar-refractivity contribution in [2.45, 2.75) is 6.54 Å². The standard InChI is InChI=1S/C12H8BrF3N2/c13-8-3-11(16)12(18-6-8)17-5-7-1-2-9(14)4-10(7)15/h1-4,6H,5H2,(H,17,18). The summed E-state index contributed by atoms with van der Waals surface area (Å²) in [5.74, 6) is -1.86. The summed E-state index contributed by atoms with van der Waals surface area (Å²) in [7, 11) is 0. The Bertz CT molecular complexity index is 524. The second-order valence-corrected chi connectivity index (χ2v) is 4.49. The van der Waals surface area contributed by atoms with Gasteiger partial charge in [-0.05, 0) is 28.1 Å².